The van der Waals surface area contributed by atoms with E-state index in [0.29, 0.717) is 17.6 Å². The molecule has 2 rings (SSSR count). The van der Waals surface area contributed by atoms with Gasteiger partial charge in [0.15, 0.2) is 0 Å². The predicted octanol–water partition coefficient (Wildman–Crippen LogP) is 2.28. The van der Waals surface area contributed by atoms with Crippen molar-refractivity contribution in [3.05, 3.63) is 0 Å². The second kappa shape index (κ2) is 4.27. The van der Waals surface area contributed by atoms with Gasteiger partial charge in [0, 0.05) is 35.6 Å². The molecule has 15 heavy (non-hydrogen) atoms. The van der Waals surface area contributed by atoms with Gasteiger partial charge in [0.25, 0.3) is 0 Å². The Labute approximate surface area is 97.5 Å². The smallest absolute Gasteiger partial charge is 0.0652 e. The van der Waals surface area contributed by atoms with Gasteiger partial charge in [0.1, 0.15) is 0 Å². The van der Waals surface area contributed by atoms with Gasteiger partial charge in [0.2, 0.25) is 0 Å². The molecule has 1 aliphatic carbocycles. The van der Waals surface area contributed by atoms with Crippen molar-refractivity contribution < 1.29 is 4.74 Å². The Morgan fingerprint density at radius 2 is 2.07 bits per heavy atom. The van der Waals surface area contributed by atoms with E-state index in [1.165, 1.54) is 18.6 Å². The third-order valence-electron chi connectivity index (χ3n) is 4.10. The van der Waals surface area contributed by atoms with Crippen LogP contribution >= 0.6 is 11.8 Å². The van der Waals surface area contributed by atoms with E-state index in [4.69, 9.17) is 4.74 Å². The molecule has 0 bridgehead atoms. The monoisotopic (exact) mass is 229 g/mol. The Kier molecular flexibility index (Phi) is 3.34. The zero-order chi connectivity index (χ0) is 11.1. The highest BCUT2D eigenvalue weighted by Crippen LogP contribution is 2.43. The van der Waals surface area contributed by atoms with Gasteiger partial charge in [-0.15, -0.1) is 0 Å². The molecule has 0 radical (unpaired) electrons. The van der Waals surface area contributed by atoms with E-state index in [-0.39, 0.29) is 0 Å². The number of nitrogens with one attached hydrogen (secondary N) is 1. The van der Waals surface area contributed by atoms with Crippen LogP contribution in [-0.4, -0.2) is 36.3 Å². The molecule has 2 aliphatic rings. The molecule has 1 N–H and O–H groups in total. The molecule has 4 atom stereocenters. The van der Waals surface area contributed by atoms with Gasteiger partial charge in [-0.1, -0.05) is 20.8 Å². The molecule has 1 saturated heterocycles. The van der Waals surface area contributed by atoms with Crippen molar-refractivity contribution in [3.8, 4) is 0 Å². The molecule has 88 valence electrons. The first kappa shape index (κ1) is 11.7. The molecule has 0 spiro atoms. The maximum Gasteiger partial charge on any atom is 0.0652 e. The van der Waals surface area contributed by atoms with E-state index < -0.39 is 0 Å². The summed E-state index contributed by atoms with van der Waals surface area (Å²) in [6.07, 6.45) is 2.95. The predicted molar refractivity (Wildman–Crippen MR) is 66.4 cm³/mol. The zero-order valence-corrected chi connectivity index (χ0v) is 11.1. The van der Waals surface area contributed by atoms with Gasteiger partial charge in [-0.2, -0.15) is 11.8 Å². The summed E-state index contributed by atoms with van der Waals surface area (Å²) in [5.41, 5.74) is 0.311. The van der Waals surface area contributed by atoms with Gasteiger partial charge in [0.05, 0.1) is 6.10 Å². The van der Waals surface area contributed by atoms with Crippen LogP contribution in [0.1, 0.15) is 33.6 Å². The van der Waals surface area contributed by atoms with Crippen LogP contribution in [0.25, 0.3) is 0 Å². The lowest BCUT2D eigenvalue weighted by molar-refractivity contribution is -0.0996. The van der Waals surface area contributed by atoms with E-state index in [2.05, 4.69) is 37.8 Å². The molecule has 0 aromatic rings. The van der Waals surface area contributed by atoms with Crippen molar-refractivity contribution in [1.82, 2.24) is 5.32 Å². The van der Waals surface area contributed by atoms with Crippen LogP contribution in [-0.2, 0) is 4.74 Å². The molecule has 1 saturated carbocycles. The fraction of sp³-hybridized carbons (Fsp3) is 1.00. The highest BCUT2D eigenvalue weighted by molar-refractivity contribution is 8.00. The van der Waals surface area contributed by atoms with Crippen LogP contribution in [0.4, 0.5) is 0 Å². The summed E-state index contributed by atoms with van der Waals surface area (Å²) < 4.78 is 5.47. The maximum absolute atomic E-state index is 5.47. The number of hydrogen-bond acceptors (Lipinski definition) is 3. The number of thioether (sulfide) groups is 1. The van der Waals surface area contributed by atoms with E-state index in [9.17, 15) is 0 Å². The summed E-state index contributed by atoms with van der Waals surface area (Å²) in [4.78, 5) is 0. The minimum Gasteiger partial charge on any atom is -0.381 e. The molecule has 1 aliphatic heterocycles. The lowest BCUT2D eigenvalue weighted by Crippen LogP contribution is -2.62. The van der Waals surface area contributed by atoms with Crippen LogP contribution in [0, 0.1) is 5.41 Å². The van der Waals surface area contributed by atoms with Gasteiger partial charge in [-0.25, -0.2) is 0 Å². The quantitative estimate of drug-likeness (QED) is 0.802. The Bertz CT molecular complexity index is 232. The molecule has 2 nitrogen and oxygen atoms in total. The Hall–Kier alpha value is 0.270. The molecule has 0 aromatic carbocycles. The van der Waals surface area contributed by atoms with Gasteiger partial charge in [-0.3, -0.25) is 0 Å². The van der Waals surface area contributed by atoms with Crippen LogP contribution in [0.5, 0.6) is 0 Å². The summed E-state index contributed by atoms with van der Waals surface area (Å²) in [7, 11) is 1.83. The van der Waals surface area contributed by atoms with Crippen LogP contribution in [0.2, 0.25) is 0 Å². The maximum atomic E-state index is 5.47. The number of rotatable bonds is 3. The third-order valence-corrected chi connectivity index (χ3v) is 5.45. The van der Waals surface area contributed by atoms with Gasteiger partial charge in [-0.05, 0) is 12.8 Å². The lowest BCUT2D eigenvalue weighted by atomic mass is 9.64. The van der Waals surface area contributed by atoms with Crippen molar-refractivity contribution >= 4 is 11.8 Å². The molecule has 2 fully saturated rings. The molecule has 0 amide bonds. The lowest BCUT2D eigenvalue weighted by Gasteiger charge is -2.52. The van der Waals surface area contributed by atoms with Crippen LogP contribution in [0.15, 0.2) is 0 Å². The fourth-order valence-electron chi connectivity index (χ4n) is 2.79. The summed E-state index contributed by atoms with van der Waals surface area (Å²) in [6.45, 7) is 6.96. The first-order valence-corrected chi connectivity index (χ1v) is 6.99. The normalized spacial score (nSPS) is 44.0. The minimum absolute atomic E-state index is 0.311. The van der Waals surface area contributed by atoms with Crippen molar-refractivity contribution in [2.75, 3.05) is 12.9 Å². The van der Waals surface area contributed by atoms with E-state index in [1.54, 1.807) is 0 Å². The molecular formula is C12H23NOS. The summed E-state index contributed by atoms with van der Waals surface area (Å²) in [5, 5.41) is 4.64. The Morgan fingerprint density at radius 3 is 2.53 bits per heavy atom. The Balaban J connectivity index is 1.82. The largest absolute Gasteiger partial charge is 0.381 e. The van der Waals surface area contributed by atoms with Crippen LogP contribution < -0.4 is 5.32 Å². The van der Waals surface area contributed by atoms with Crippen molar-refractivity contribution in [2.45, 2.75) is 57.1 Å². The first-order chi connectivity index (χ1) is 7.04. The Morgan fingerprint density at radius 1 is 1.33 bits per heavy atom. The SMILES string of the molecule is COC1CC(NC2CSC(C)C2)C1(C)C. The number of methoxy groups -OCH3 is 1. The molecule has 0 aromatic heterocycles. The zero-order valence-electron chi connectivity index (χ0n) is 10.2. The molecule has 1 heterocycles. The summed E-state index contributed by atoms with van der Waals surface area (Å²) in [5.74, 6) is 1.28. The van der Waals surface area contributed by atoms with Crippen molar-refractivity contribution in [1.29, 1.82) is 0 Å². The standard InChI is InChI=1S/C12H23NOS/c1-8-5-9(7-15-8)13-10-6-11(14-4)12(10,2)3/h8-11,13H,5-7H2,1-4H3. The van der Waals surface area contributed by atoms with Gasteiger partial charge < -0.3 is 10.1 Å². The van der Waals surface area contributed by atoms with E-state index in [0.717, 1.165) is 11.3 Å². The average molecular weight is 229 g/mol. The first-order valence-electron chi connectivity index (χ1n) is 5.94. The minimum atomic E-state index is 0.311. The van der Waals surface area contributed by atoms with Crippen molar-refractivity contribution in [3.63, 3.8) is 0 Å². The second-order valence-electron chi connectivity index (χ2n) is 5.58. The molecule has 3 heteroatoms. The summed E-state index contributed by atoms with van der Waals surface area (Å²) >= 11 is 2.09. The second-order valence-corrected chi connectivity index (χ2v) is 7.05. The fourth-order valence-corrected chi connectivity index (χ4v) is 3.95. The highest BCUT2D eigenvalue weighted by atomic mass is 32.2. The molecular weight excluding hydrogens is 206 g/mol. The third kappa shape index (κ3) is 2.20. The highest BCUT2D eigenvalue weighted by Gasteiger charge is 2.49. The van der Waals surface area contributed by atoms with Crippen LogP contribution in [0.3, 0.4) is 0 Å². The van der Waals surface area contributed by atoms with Crippen molar-refractivity contribution in [2.24, 2.45) is 5.41 Å². The summed E-state index contributed by atoms with van der Waals surface area (Å²) in [6, 6.07) is 1.38. The average Bonchev–Trinajstić information content (AvgIpc) is 2.58. The number of ether oxygens (including phenoxy) is 1. The molecule has 4 unspecified atom stereocenters. The number of hydrogen-bond donors (Lipinski definition) is 1. The topological polar surface area (TPSA) is 21.3 Å². The van der Waals surface area contributed by atoms with Gasteiger partial charge >= 0.3 is 0 Å². The van der Waals surface area contributed by atoms with E-state index >= 15 is 0 Å². The van der Waals surface area contributed by atoms with E-state index in [1.807, 2.05) is 7.11 Å².